The lowest BCUT2D eigenvalue weighted by atomic mass is 9.80. The first-order valence-electron chi connectivity index (χ1n) is 6.80. The minimum atomic E-state index is -0.940. The number of hydrogen-bond donors (Lipinski definition) is 1. The van der Waals surface area contributed by atoms with Crippen LogP contribution in [0.5, 0.6) is 0 Å². The molecular formula is C15H12BrN3O3. The van der Waals surface area contributed by atoms with E-state index in [0.29, 0.717) is 25.7 Å². The summed E-state index contributed by atoms with van der Waals surface area (Å²) in [5, 5.41) is 9.23. The first-order valence-corrected chi connectivity index (χ1v) is 7.59. The molecule has 1 aromatic carbocycles. The van der Waals surface area contributed by atoms with E-state index in [-0.39, 0.29) is 11.0 Å². The van der Waals surface area contributed by atoms with E-state index in [0.717, 1.165) is 15.7 Å². The summed E-state index contributed by atoms with van der Waals surface area (Å²) in [6.45, 7) is 1.98. The fraction of sp³-hybridized carbons (Fsp3) is 0.267. The van der Waals surface area contributed by atoms with Gasteiger partial charge in [-0.1, -0.05) is 6.07 Å². The number of nitrogens with zero attached hydrogens (tertiary/aromatic N) is 3. The fourth-order valence-electron chi connectivity index (χ4n) is 3.03. The third-order valence-corrected chi connectivity index (χ3v) is 4.58. The number of carbonyl (C=O) groups is 1. The van der Waals surface area contributed by atoms with Crippen LogP contribution in [0, 0.1) is 0 Å². The van der Waals surface area contributed by atoms with Crippen LogP contribution >= 0.6 is 15.9 Å². The molecule has 2 aromatic rings. The van der Waals surface area contributed by atoms with E-state index < -0.39 is 5.97 Å². The Labute approximate surface area is 134 Å². The molecule has 6 nitrogen and oxygen atoms in total. The van der Waals surface area contributed by atoms with Gasteiger partial charge in [0.2, 0.25) is 5.95 Å². The average molecular weight is 362 g/mol. The summed E-state index contributed by atoms with van der Waals surface area (Å²) in [4.78, 5) is 21.9. The maximum absolute atomic E-state index is 11.3. The number of ether oxygens (including phenoxy) is 1. The Hall–Kier alpha value is -1.99. The fourth-order valence-corrected chi connectivity index (χ4v) is 3.23. The van der Waals surface area contributed by atoms with Gasteiger partial charge in [0.1, 0.15) is 0 Å². The molecule has 0 atom stereocenters. The lowest BCUT2D eigenvalue weighted by Crippen LogP contribution is -2.49. The lowest BCUT2D eigenvalue weighted by Gasteiger charge is -2.38. The Balaban J connectivity index is 1.84. The van der Waals surface area contributed by atoms with E-state index in [1.54, 1.807) is 24.5 Å². The molecule has 0 amide bonds. The Morgan fingerprint density at radius 3 is 2.64 bits per heavy atom. The second-order valence-electron chi connectivity index (χ2n) is 5.60. The highest BCUT2D eigenvalue weighted by molar-refractivity contribution is 9.10. The molecule has 1 spiro atoms. The Kier molecular flexibility index (Phi) is 2.95. The van der Waals surface area contributed by atoms with Crippen LogP contribution in [0.2, 0.25) is 0 Å². The van der Waals surface area contributed by atoms with Gasteiger partial charge in [-0.3, -0.25) is 0 Å². The molecule has 1 fully saturated rings. The van der Waals surface area contributed by atoms with Crippen molar-refractivity contribution < 1.29 is 14.6 Å². The Morgan fingerprint density at radius 2 is 2.05 bits per heavy atom. The van der Waals surface area contributed by atoms with E-state index in [1.807, 2.05) is 11.0 Å². The highest BCUT2D eigenvalue weighted by Gasteiger charge is 2.49. The molecular weight excluding hydrogens is 350 g/mol. The highest BCUT2D eigenvalue weighted by atomic mass is 79.9. The number of benzene rings is 1. The number of aromatic carboxylic acids is 1. The van der Waals surface area contributed by atoms with Crippen molar-refractivity contribution in [3.63, 3.8) is 0 Å². The molecule has 1 saturated heterocycles. The second-order valence-corrected chi connectivity index (χ2v) is 6.51. The topological polar surface area (TPSA) is 75.5 Å². The first-order chi connectivity index (χ1) is 10.6. The molecule has 1 N–H and O–H groups in total. The molecule has 4 rings (SSSR count). The summed E-state index contributed by atoms with van der Waals surface area (Å²) in [5.74, 6) is -0.374. The Morgan fingerprint density at radius 1 is 1.32 bits per heavy atom. The zero-order chi connectivity index (χ0) is 15.3. The standard InChI is InChI=1S/C15H12BrN3O3/c16-10-4-17-14(18-5-10)19-6-15(7-22-8-15)11-2-1-9(13(20)21)3-12(11)19/h1-5H,6-8H2,(H,20,21). The number of aromatic nitrogens is 2. The van der Waals surface area contributed by atoms with Crippen LogP contribution in [-0.2, 0) is 10.2 Å². The van der Waals surface area contributed by atoms with Gasteiger partial charge in [-0.05, 0) is 33.6 Å². The SMILES string of the molecule is O=C(O)c1ccc2c(c1)N(c1ncc(Br)cn1)CC21COC1. The predicted molar refractivity (Wildman–Crippen MR) is 82.6 cm³/mol. The van der Waals surface area contributed by atoms with Crippen molar-refractivity contribution in [2.75, 3.05) is 24.7 Å². The predicted octanol–water partition coefficient (Wildman–Crippen LogP) is 2.36. The summed E-state index contributed by atoms with van der Waals surface area (Å²) in [6, 6.07) is 5.23. The average Bonchev–Trinajstić information content (AvgIpc) is 2.83. The number of hydrogen-bond acceptors (Lipinski definition) is 5. The van der Waals surface area contributed by atoms with Crippen molar-refractivity contribution in [1.82, 2.24) is 9.97 Å². The molecule has 0 bridgehead atoms. The minimum absolute atomic E-state index is 0.0806. The smallest absolute Gasteiger partial charge is 0.335 e. The van der Waals surface area contributed by atoms with Gasteiger partial charge in [-0.2, -0.15) is 0 Å². The highest BCUT2D eigenvalue weighted by Crippen LogP contribution is 2.47. The minimum Gasteiger partial charge on any atom is -0.478 e. The van der Waals surface area contributed by atoms with Gasteiger partial charge in [0, 0.05) is 24.6 Å². The normalized spacial score (nSPS) is 18.1. The van der Waals surface area contributed by atoms with E-state index in [1.165, 1.54) is 0 Å². The van der Waals surface area contributed by atoms with E-state index >= 15 is 0 Å². The molecule has 2 aliphatic heterocycles. The van der Waals surface area contributed by atoms with Crippen LogP contribution in [0.15, 0.2) is 35.1 Å². The molecule has 7 heteroatoms. The van der Waals surface area contributed by atoms with Gasteiger partial charge >= 0.3 is 5.97 Å². The van der Waals surface area contributed by atoms with E-state index in [9.17, 15) is 9.90 Å². The van der Waals surface area contributed by atoms with Crippen LogP contribution in [0.4, 0.5) is 11.6 Å². The van der Waals surface area contributed by atoms with Crippen molar-refractivity contribution in [2.45, 2.75) is 5.41 Å². The van der Waals surface area contributed by atoms with Crippen LogP contribution < -0.4 is 4.90 Å². The maximum Gasteiger partial charge on any atom is 0.335 e. The summed E-state index contributed by atoms with van der Waals surface area (Å²) in [5.41, 5.74) is 2.14. The number of carboxylic acids is 1. The third kappa shape index (κ3) is 1.93. The van der Waals surface area contributed by atoms with Gasteiger partial charge in [-0.15, -0.1) is 0 Å². The largest absolute Gasteiger partial charge is 0.478 e. The van der Waals surface area contributed by atoms with E-state index in [2.05, 4.69) is 25.9 Å². The van der Waals surface area contributed by atoms with Gasteiger partial charge in [0.15, 0.2) is 0 Å². The summed E-state index contributed by atoms with van der Waals surface area (Å²) in [7, 11) is 0. The molecule has 3 heterocycles. The molecule has 0 unspecified atom stereocenters. The number of carboxylic acid groups (broad SMARTS) is 1. The van der Waals surface area contributed by atoms with Crippen LogP contribution in [-0.4, -0.2) is 40.8 Å². The molecule has 2 aliphatic rings. The van der Waals surface area contributed by atoms with Gasteiger partial charge in [-0.25, -0.2) is 14.8 Å². The monoisotopic (exact) mass is 361 g/mol. The zero-order valence-electron chi connectivity index (χ0n) is 11.5. The summed E-state index contributed by atoms with van der Waals surface area (Å²) >= 11 is 3.32. The van der Waals surface area contributed by atoms with Crippen molar-refractivity contribution in [3.8, 4) is 0 Å². The zero-order valence-corrected chi connectivity index (χ0v) is 13.1. The van der Waals surface area contributed by atoms with Crippen molar-refractivity contribution in [3.05, 3.63) is 46.2 Å². The van der Waals surface area contributed by atoms with Crippen molar-refractivity contribution >= 4 is 33.5 Å². The number of anilines is 2. The summed E-state index contributed by atoms with van der Waals surface area (Å²) < 4.78 is 6.21. The third-order valence-electron chi connectivity index (χ3n) is 4.17. The molecule has 112 valence electrons. The number of halogens is 1. The Bertz CT molecular complexity index is 759. The first kappa shape index (κ1) is 13.7. The summed E-state index contributed by atoms with van der Waals surface area (Å²) in [6.07, 6.45) is 3.37. The maximum atomic E-state index is 11.3. The van der Waals surface area contributed by atoms with Gasteiger partial charge < -0.3 is 14.7 Å². The van der Waals surface area contributed by atoms with Crippen molar-refractivity contribution in [2.24, 2.45) is 0 Å². The van der Waals surface area contributed by atoms with Crippen LogP contribution in [0.3, 0.4) is 0 Å². The van der Waals surface area contributed by atoms with Crippen molar-refractivity contribution in [1.29, 1.82) is 0 Å². The van der Waals surface area contributed by atoms with Crippen LogP contribution in [0.1, 0.15) is 15.9 Å². The molecule has 0 aliphatic carbocycles. The molecule has 0 radical (unpaired) electrons. The number of rotatable bonds is 2. The van der Waals surface area contributed by atoms with E-state index in [4.69, 9.17) is 4.74 Å². The molecule has 22 heavy (non-hydrogen) atoms. The van der Waals surface area contributed by atoms with Gasteiger partial charge in [0.05, 0.1) is 28.7 Å². The lowest BCUT2D eigenvalue weighted by molar-refractivity contribution is -0.0507. The molecule has 0 saturated carbocycles. The molecule has 1 aromatic heterocycles. The number of fused-ring (bicyclic) bond motifs is 2. The second kappa shape index (κ2) is 4.76. The van der Waals surface area contributed by atoms with Crippen LogP contribution in [0.25, 0.3) is 0 Å². The van der Waals surface area contributed by atoms with Gasteiger partial charge in [0.25, 0.3) is 0 Å². The quantitative estimate of drug-likeness (QED) is 0.884.